The Morgan fingerprint density at radius 1 is 1.75 bits per heavy atom. The molecule has 0 bridgehead atoms. The van der Waals surface area contributed by atoms with Crippen LogP contribution in [0, 0.1) is 5.92 Å². The van der Waals surface area contributed by atoms with Crippen molar-refractivity contribution in [1.82, 2.24) is 10.2 Å². The molecule has 3 heteroatoms. The average molecular weight is 165 g/mol. The third kappa shape index (κ3) is 1.05. The molecule has 0 aliphatic heterocycles. The van der Waals surface area contributed by atoms with Gasteiger partial charge in [0.15, 0.2) is 0 Å². The number of hydrogen-bond acceptors (Lipinski definition) is 2. The van der Waals surface area contributed by atoms with E-state index in [0.29, 0.717) is 11.8 Å². The second-order valence-corrected chi connectivity index (χ2v) is 3.66. The largest absolute Gasteiger partial charge is 0.330 e. The Labute approximate surface area is 72.4 Å². The minimum absolute atomic E-state index is 0.521. The molecule has 1 heterocycles. The van der Waals surface area contributed by atoms with Crippen LogP contribution in [0.1, 0.15) is 30.5 Å². The van der Waals surface area contributed by atoms with E-state index >= 15 is 0 Å². The van der Waals surface area contributed by atoms with Gasteiger partial charge in [-0.2, -0.15) is 5.10 Å². The van der Waals surface area contributed by atoms with Gasteiger partial charge >= 0.3 is 0 Å². The number of nitrogens with two attached hydrogens (primary N) is 1. The van der Waals surface area contributed by atoms with Gasteiger partial charge in [0.1, 0.15) is 0 Å². The standard InChI is InChI=1S/C9H15N3/c1-6-2-3-9-8(5-11-12-9)7(6)4-10/h5-7H,2-4,10H2,1H3,(H,11,12). The molecule has 0 radical (unpaired) electrons. The van der Waals surface area contributed by atoms with E-state index in [1.807, 2.05) is 6.20 Å². The van der Waals surface area contributed by atoms with E-state index in [4.69, 9.17) is 5.73 Å². The van der Waals surface area contributed by atoms with E-state index in [1.165, 1.54) is 17.7 Å². The van der Waals surface area contributed by atoms with Crippen LogP contribution in [-0.2, 0) is 6.42 Å². The van der Waals surface area contributed by atoms with Gasteiger partial charge in [-0.05, 0) is 30.9 Å². The summed E-state index contributed by atoms with van der Waals surface area (Å²) in [5.41, 5.74) is 8.36. The van der Waals surface area contributed by atoms with Crippen molar-refractivity contribution in [1.29, 1.82) is 0 Å². The molecule has 3 N–H and O–H groups in total. The molecule has 3 nitrogen and oxygen atoms in total. The van der Waals surface area contributed by atoms with Crippen molar-refractivity contribution < 1.29 is 0 Å². The number of H-pyrrole nitrogens is 1. The number of hydrogen-bond donors (Lipinski definition) is 2. The Balaban J connectivity index is 2.34. The van der Waals surface area contributed by atoms with Gasteiger partial charge in [0.25, 0.3) is 0 Å². The Bertz CT molecular complexity index is 266. The molecule has 1 aliphatic rings. The molecule has 0 saturated heterocycles. The normalized spacial score (nSPS) is 28.5. The average Bonchev–Trinajstić information content (AvgIpc) is 2.52. The number of nitrogens with zero attached hydrogens (tertiary/aromatic N) is 1. The Morgan fingerprint density at radius 3 is 3.33 bits per heavy atom. The molecule has 2 rings (SSSR count). The lowest BCUT2D eigenvalue weighted by molar-refractivity contribution is 0.407. The fourth-order valence-corrected chi connectivity index (χ4v) is 2.08. The zero-order valence-electron chi connectivity index (χ0n) is 7.38. The van der Waals surface area contributed by atoms with Crippen molar-refractivity contribution in [2.45, 2.75) is 25.7 Å². The Hall–Kier alpha value is -0.830. The molecule has 1 aromatic heterocycles. The molecule has 1 aromatic rings. The smallest absolute Gasteiger partial charge is 0.0525 e. The second-order valence-electron chi connectivity index (χ2n) is 3.66. The molecule has 0 amide bonds. The minimum Gasteiger partial charge on any atom is -0.330 e. The number of nitrogens with one attached hydrogen (secondary N) is 1. The van der Waals surface area contributed by atoms with Crippen LogP contribution in [0.15, 0.2) is 6.20 Å². The SMILES string of the molecule is CC1CCc2[nH]ncc2C1CN. The summed E-state index contributed by atoms with van der Waals surface area (Å²) < 4.78 is 0. The number of aromatic amines is 1. The first-order chi connectivity index (χ1) is 5.83. The van der Waals surface area contributed by atoms with Crippen molar-refractivity contribution in [3.8, 4) is 0 Å². The van der Waals surface area contributed by atoms with E-state index in [1.54, 1.807) is 0 Å². The summed E-state index contributed by atoms with van der Waals surface area (Å²) in [4.78, 5) is 0. The topological polar surface area (TPSA) is 54.7 Å². The molecule has 12 heavy (non-hydrogen) atoms. The molecule has 0 aromatic carbocycles. The van der Waals surface area contributed by atoms with Gasteiger partial charge in [0.2, 0.25) is 0 Å². The van der Waals surface area contributed by atoms with Crippen LogP contribution in [0.2, 0.25) is 0 Å². The quantitative estimate of drug-likeness (QED) is 0.653. The van der Waals surface area contributed by atoms with Gasteiger partial charge in [0, 0.05) is 11.6 Å². The van der Waals surface area contributed by atoms with Gasteiger partial charge in [-0.25, -0.2) is 0 Å². The maximum atomic E-state index is 5.73. The van der Waals surface area contributed by atoms with E-state index in [-0.39, 0.29) is 0 Å². The summed E-state index contributed by atoms with van der Waals surface area (Å²) in [5, 5.41) is 7.09. The first-order valence-corrected chi connectivity index (χ1v) is 4.55. The fraction of sp³-hybridized carbons (Fsp3) is 0.667. The highest BCUT2D eigenvalue weighted by Crippen LogP contribution is 2.33. The zero-order valence-corrected chi connectivity index (χ0v) is 7.38. The van der Waals surface area contributed by atoms with Crippen molar-refractivity contribution >= 4 is 0 Å². The van der Waals surface area contributed by atoms with Gasteiger partial charge < -0.3 is 5.73 Å². The number of aryl methyl sites for hydroxylation is 1. The summed E-state index contributed by atoms with van der Waals surface area (Å²) in [5.74, 6) is 1.23. The van der Waals surface area contributed by atoms with E-state index in [2.05, 4.69) is 17.1 Å². The van der Waals surface area contributed by atoms with Crippen LogP contribution in [0.25, 0.3) is 0 Å². The summed E-state index contributed by atoms with van der Waals surface area (Å²) >= 11 is 0. The maximum Gasteiger partial charge on any atom is 0.0525 e. The third-order valence-corrected chi connectivity index (χ3v) is 2.94. The lowest BCUT2D eigenvalue weighted by Gasteiger charge is -2.27. The zero-order chi connectivity index (χ0) is 8.55. The Kier molecular flexibility index (Phi) is 1.89. The summed E-state index contributed by atoms with van der Waals surface area (Å²) in [6.07, 6.45) is 4.30. The summed E-state index contributed by atoms with van der Waals surface area (Å²) in [6.45, 7) is 3.02. The molecular formula is C9H15N3. The molecule has 0 spiro atoms. The summed E-state index contributed by atoms with van der Waals surface area (Å²) in [7, 11) is 0. The van der Waals surface area contributed by atoms with Crippen LogP contribution < -0.4 is 5.73 Å². The molecular weight excluding hydrogens is 150 g/mol. The van der Waals surface area contributed by atoms with Crippen LogP contribution >= 0.6 is 0 Å². The van der Waals surface area contributed by atoms with Crippen LogP contribution in [0.3, 0.4) is 0 Å². The van der Waals surface area contributed by atoms with Crippen molar-refractivity contribution in [3.63, 3.8) is 0 Å². The lowest BCUT2D eigenvalue weighted by Crippen LogP contribution is -2.24. The first kappa shape index (κ1) is 7.80. The monoisotopic (exact) mass is 165 g/mol. The van der Waals surface area contributed by atoms with Crippen LogP contribution in [-0.4, -0.2) is 16.7 Å². The number of fused-ring (bicyclic) bond motifs is 1. The van der Waals surface area contributed by atoms with Gasteiger partial charge in [0.05, 0.1) is 6.20 Å². The molecule has 0 saturated carbocycles. The fourth-order valence-electron chi connectivity index (χ4n) is 2.08. The first-order valence-electron chi connectivity index (χ1n) is 4.55. The third-order valence-electron chi connectivity index (χ3n) is 2.94. The van der Waals surface area contributed by atoms with Gasteiger partial charge in [-0.1, -0.05) is 6.92 Å². The molecule has 2 unspecified atom stereocenters. The molecule has 0 fully saturated rings. The van der Waals surface area contributed by atoms with Crippen LogP contribution in [0.5, 0.6) is 0 Å². The highest BCUT2D eigenvalue weighted by Gasteiger charge is 2.26. The molecule has 66 valence electrons. The maximum absolute atomic E-state index is 5.73. The number of aromatic nitrogens is 2. The van der Waals surface area contributed by atoms with E-state index in [0.717, 1.165) is 13.0 Å². The second kappa shape index (κ2) is 2.90. The van der Waals surface area contributed by atoms with Gasteiger partial charge in [-0.3, -0.25) is 5.10 Å². The van der Waals surface area contributed by atoms with E-state index < -0.39 is 0 Å². The lowest BCUT2D eigenvalue weighted by atomic mass is 9.79. The highest BCUT2D eigenvalue weighted by atomic mass is 15.1. The van der Waals surface area contributed by atoms with Crippen molar-refractivity contribution in [2.24, 2.45) is 11.7 Å². The molecule has 1 aliphatic carbocycles. The van der Waals surface area contributed by atoms with Crippen molar-refractivity contribution in [2.75, 3.05) is 6.54 Å². The molecule has 2 atom stereocenters. The number of rotatable bonds is 1. The predicted octanol–water partition coefficient (Wildman–Crippen LogP) is 1.03. The Morgan fingerprint density at radius 2 is 2.58 bits per heavy atom. The minimum atomic E-state index is 0.521. The van der Waals surface area contributed by atoms with Gasteiger partial charge in [-0.15, -0.1) is 0 Å². The summed E-state index contributed by atoms with van der Waals surface area (Å²) in [6, 6.07) is 0. The van der Waals surface area contributed by atoms with Crippen LogP contribution in [0.4, 0.5) is 0 Å². The predicted molar refractivity (Wildman–Crippen MR) is 47.9 cm³/mol. The highest BCUT2D eigenvalue weighted by molar-refractivity contribution is 5.25. The van der Waals surface area contributed by atoms with Crippen molar-refractivity contribution in [3.05, 3.63) is 17.5 Å². The van der Waals surface area contributed by atoms with E-state index in [9.17, 15) is 0 Å².